The summed E-state index contributed by atoms with van der Waals surface area (Å²) in [7, 11) is 0. The minimum Gasteiger partial charge on any atom is -0.508 e. The van der Waals surface area contributed by atoms with Gasteiger partial charge < -0.3 is 10.4 Å². The molecule has 0 amide bonds. The smallest absolute Gasteiger partial charge is 0.119 e. The van der Waals surface area contributed by atoms with Crippen molar-refractivity contribution < 1.29 is 5.11 Å². The quantitative estimate of drug-likeness (QED) is 0.885. The fourth-order valence-electron chi connectivity index (χ4n) is 2.77. The number of hydrogen-bond donors (Lipinski definition) is 2. The molecule has 1 aliphatic carbocycles. The average molecular weight is 254 g/mol. The number of hydrogen-bond acceptors (Lipinski definition) is 3. The van der Waals surface area contributed by atoms with E-state index in [0.717, 1.165) is 30.6 Å². The zero-order chi connectivity index (χ0) is 13.2. The maximum absolute atomic E-state index is 9.84. The normalized spacial score (nSPS) is 17.4. The van der Waals surface area contributed by atoms with Gasteiger partial charge in [-0.15, -0.1) is 0 Å². The predicted molar refractivity (Wildman–Crippen MR) is 75.0 cm³/mol. The summed E-state index contributed by atoms with van der Waals surface area (Å²) in [5.74, 6) is 0.427. The van der Waals surface area contributed by atoms with Crippen LogP contribution in [-0.4, -0.2) is 10.1 Å². The number of phenols is 1. The molecule has 0 saturated heterocycles. The lowest BCUT2D eigenvalue weighted by atomic mass is 10.1. The summed E-state index contributed by atoms with van der Waals surface area (Å²) >= 11 is 0. The van der Waals surface area contributed by atoms with Crippen LogP contribution in [0.2, 0.25) is 0 Å². The first-order chi connectivity index (χ1) is 9.25. The second kappa shape index (κ2) is 5.02. The first-order valence-electron chi connectivity index (χ1n) is 6.70. The third-order valence-electron chi connectivity index (χ3n) is 3.88. The van der Waals surface area contributed by atoms with Crippen LogP contribution in [0, 0.1) is 6.92 Å². The Bertz CT molecular complexity index is 595. The van der Waals surface area contributed by atoms with Gasteiger partial charge in [-0.2, -0.15) is 0 Å². The predicted octanol–water partition coefficient (Wildman–Crippen LogP) is 2.87. The summed E-state index contributed by atoms with van der Waals surface area (Å²) in [5.41, 5.74) is 4.63. The van der Waals surface area contributed by atoms with E-state index in [1.165, 1.54) is 11.1 Å². The second-order valence-electron chi connectivity index (χ2n) is 5.08. The molecule has 1 aromatic heterocycles. The molecule has 1 aromatic carbocycles. The summed E-state index contributed by atoms with van der Waals surface area (Å²) in [6.45, 7) is 2.85. The molecule has 3 heteroatoms. The van der Waals surface area contributed by atoms with E-state index in [1.54, 1.807) is 6.07 Å². The molecule has 3 rings (SSSR count). The molecule has 0 radical (unpaired) electrons. The maximum Gasteiger partial charge on any atom is 0.119 e. The van der Waals surface area contributed by atoms with Gasteiger partial charge in [-0.1, -0.05) is 18.2 Å². The van der Waals surface area contributed by atoms with E-state index in [2.05, 4.69) is 29.4 Å². The molecule has 0 bridgehead atoms. The molecule has 1 heterocycles. The van der Waals surface area contributed by atoms with Gasteiger partial charge in [0.25, 0.3) is 0 Å². The van der Waals surface area contributed by atoms with Gasteiger partial charge in [-0.3, -0.25) is 4.98 Å². The monoisotopic (exact) mass is 254 g/mol. The number of nitrogens with zero attached hydrogens (tertiary/aromatic N) is 1. The van der Waals surface area contributed by atoms with Crippen LogP contribution in [-0.2, 0) is 13.0 Å². The number of fused-ring (bicyclic) bond motifs is 1. The van der Waals surface area contributed by atoms with Crippen LogP contribution in [0.5, 0.6) is 5.75 Å². The number of rotatable bonds is 3. The van der Waals surface area contributed by atoms with Crippen molar-refractivity contribution in [2.75, 3.05) is 0 Å². The van der Waals surface area contributed by atoms with Gasteiger partial charge >= 0.3 is 0 Å². The van der Waals surface area contributed by atoms with Gasteiger partial charge in [0.15, 0.2) is 0 Å². The van der Waals surface area contributed by atoms with Crippen LogP contribution >= 0.6 is 0 Å². The minimum atomic E-state index is 0.323. The lowest BCUT2D eigenvalue weighted by Gasteiger charge is -2.14. The van der Waals surface area contributed by atoms with Crippen molar-refractivity contribution in [1.82, 2.24) is 10.3 Å². The molecule has 1 atom stereocenters. The molecular weight excluding hydrogens is 236 g/mol. The van der Waals surface area contributed by atoms with E-state index in [1.807, 2.05) is 18.3 Å². The summed E-state index contributed by atoms with van der Waals surface area (Å²) in [4.78, 5) is 4.40. The highest BCUT2D eigenvalue weighted by atomic mass is 16.3. The van der Waals surface area contributed by atoms with Crippen molar-refractivity contribution in [1.29, 1.82) is 0 Å². The summed E-state index contributed by atoms with van der Waals surface area (Å²) in [5, 5.41) is 13.4. The van der Waals surface area contributed by atoms with Crippen molar-refractivity contribution in [3.8, 4) is 5.75 Å². The molecule has 0 aliphatic heterocycles. The number of aryl methyl sites for hydroxylation is 1. The van der Waals surface area contributed by atoms with Gasteiger partial charge in [0.1, 0.15) is 5.75 Å². The topological polar surface area (TPSA) is 45.2 Å². The van der Waals surface area contributed by atoms with E-state index >= 15 is 0 Å². The highest BCUT2D eigenvalue weighted by molar-refractivity contribution is 5.44. The van der Waals surface area contributed by atoms with Crippen molar-refractivity contribution in [2.24, 2.45) is 0 Å². The Hall–Kier alpha value is -1.87. The Morgan fingerprint density at radius 3 is 3.05 bits per heavy atom. The van der Waals surface area contributed by atoms with E-state index in [-0.39, 0.29) is 0 Å². The molecule has 2 aromatic rings. The molecule has 1 aliphatic rings. The highest BCUT2D eigenvalue weighted by Crippen LogP contribution is 2.36. The molecule has 3 nitrogen and oxygen atoms in total. The van der Waals surface area contributed by atoms with Gasteiger partial charge in [-0.25, -0.2) is 0 Å². The molecule has 0 fully saturated rings. The van der Waals surface area contributed by atoms with Crippen molar-refractivity contribution >= 4 is 0 Å². The maximum atomic E-state index is 9.84. The Morgan fingerprint density at radius 2 is 2.21 bits per heavy atom. The number of aromatic nitrogens is 1. The van der Waals surface area contributed by atoms with Crippen LogP contribution in [0.25, 0.3) is 0 Å². The number of nitrogens with one attached hydrogen (secondary N) is 1. The van der Waals surface area contributed by atoms with Crippen LogP contribution in [0.1, 0.15) is 34.8 Å². The fourth-order valence-corrected chi connectivity index (χ4v) is 2.77. The number of pyridine rings is 1. The number of benzene rings is 1. The van der Waals surface area contributed by atoms with Crippen LogP contribution in [0.15, 0.2) is 36.5 Å². The standard InChI is InChI=1S/C16H18N2O/c1-11-4-3-9-17-15(11)10-18-14-8-7-13-12(14)5-2-6-16(13)19/h2-6,9,14,18-19H,7-8,10H2,1H3. The molecule has 98 valence electrons. The van der Waals surface area contributed by atoms with Gasteiger partial charge in [-0.05, 0) is 48.6 Å². The SMILES string of the molecule is Cc1cccnc1CNC1CCc2c(O)cccc21. The van der Waals surface area contributed by atoms with E-state index in [4.69, 9.17) is 0 Å². The van der Waals surface area contributed by atoms with Gasteiger partial charge in [0.2, 0.25) is 0 Å². The molecule has 19 heavy (non-hydrogen) atoms. The summed E-state index contributed by atoms with van der Waals surface area (Å²) < 4.78 is 0. The zero-order valence-corrected chi connectivity index (χ0v) is 11.1. The summed E-state index contributed by atoms with van der Waals surface area (Å²) in [6.07, 6.45) is 3.82. The van der Waals surface area contributed by atoms with Crippen LogP contribution < -0.4 is 5.32 Å². The highest BCUT2D eigenvalue weighted by Gasteiger charge is 2.24. The van der Waals surface area contributed by atoms with E-state index < -0.39 is 0 Å². The molecule has 1 unspecified atom stereocenters. The van der Waals surface area contributed by atoms with Crippen molar-refractivity contribution in [3.63, 3.8) is 0 Å². The third-order valence-corrected chi connectivity index (χ3v) is 3.88. The largest absolute Gasteiger partial charge is 0.508 e. The first kappa shape index (κ1) is 12.2. The number of aromatic hydroxyl groups is 1. The van der Waals surface area contributed by atoms with Crippen LogP contribution in [0.3, 0.4) is 0 Å². The second-order valence-corrected chi connectivity index (χ2v) is 5.08. The average Bonchev–Trinajstić information content (AvgIpc) is 2.83. The van der Waals surface area contributed by atoms with E-state index in [9.17, 15) is 5.11 Å². The molecule has 2 N–H and O–H groups in total. The molecule has 0 spiro atoms. The first-order valence-corrected chi connectivity index (χ1v) is 6.70. The Kier molecular flexibility index (Phi) is 3.22. The van der Waals surface area contributed by atoms with Gasteiger partial charge in [0, 0.05) is 18.8 Å². The number of phenolic OH excluding ortho intramolecular Hbond substituents is 1. The van der Waals surface area contributed by atoms with Gasteiger partial charge in [0.05, 0.1) is 5.69 Å². The lowest BCUT2D eigenvalue weighted by molar-refractivity contribution is 0.469. The molecule has 0 saturated carbocycles. The lowest BCUT2D eigenvalue weighted by Crippen LogP contribution is -2.19. The third kappa shape index (κ3) is 2.34. The van der Waals surface area contributed by atoms with E-state index in [0.29, 0.717) is 11.8 Å². The van der Waals surface area contributed by atoms with Crippen LogP contribution in [0.4, 0.5) is 0 Å². The Labute approximate surface area is 113 Å². The Balaban J connectivity index is 1.74. The zero-order valence-electron chi connectivity index (χ0n) is 11.1. The van der Waals surface area contributed by atoms with Crippen molar-refractivity contribution in [3.05, 3.63) is 58.9 Å². The van der Waals surface area contributed by atoms with Crippen molar-refractivity contribution in [2.45, 2.75) is 32.4 Å². The molecular formula is C16H18N2O. The minimum absolute atomic E-state index is 0.323. The Morgan fingerprint density at radius 1 is 1.32 bits per heavy atom. The fraction of sp³-hybridized carbons (Fsp3) is 0.312. The summed E-state index contributed by atoms with van der Waals surface area (Å²) in [6, 6.07) is 10.2.